The van der Waals surface area contributed by atoms with Gasteiger partial charge < -0.3 is 15.0 Å². The first-order valence-corrected chi connectivity index (χ1v) is 10.7. The van der Waals surface area contributed by atoms with Crippen molar-refractivity contribution >= 4 is 5.91 Å². The first-order valence-electron chi connectivity index (χ1n) is 10.7. The summed E-state index contributed by atoms with van der Waals surface area (Å²) in [5.74, 6) is 1.79. The number of amides is 1. The van der Waals surface area contributed by atoms with Gasteiger partial charge in [0, 0.05) is 25.2 Å². The second-order valence-electron chi connectivity index (χ2n) is 8.27. The Morgan fingerprint density at radius 2 is 1.40 bits per heavy atom. The molecule has 3 aromatic rings. The van der Waals surface area contributed by atoms with Crippen LogP contribution in [0.1, 0.15) is 16.7 Å². The molecule has 1 saturated heterocycles. The van der Waals surface area contributed by atoms with Crippen LogP contribution >= 0.6 is 0 Å². The van der Waals surface area contributed by atoms with Gasteiger partial charge in [0.15, 0.2) is 0 Å². The topological polar surface area (TPSA) is 41.6 Å². The fourth-order valence-corrected chi connectivity index (χ4v) is 4.38. The van der Waals surface area contributed by atoms with Gasteiger partial charge in [-0.25, -0.2) is 0 Å². The molecule has 1 heterocycles. The zero-order chi connectivity index (χ0) is 20.3. The number of nitrogens with one attached hydrogen (secondary N) is 1. The van der Waals surface area contributed by atoms with Gasteiger partial charge in [0.2, 0.25) is 5.91 Å². The molecule has 3 aromatic carbocycles. The lowest BCUT2D eigenvalue weighted by Crippen LogP contribution is -2.62. The molecule has 0 atom stereocenters. The van der Waals surface area contributed by atoms with Gasteiger partial charge in [-0.1, -0.05) is 54.6 Å². The Kier molecular flexibility index (Phi) is 5.24. The number of likely N-dealkylation sites (tertiary alicyclic amines) is 1. The molecule has 152 valence electrons. The number of nitrogens with zero attached hydrogens (tertiary/aromatic N) is 1. The summed E-state index contributed by atoms with van der Waals surface area (Å²) in [6.07, 6.45) is 2.63. The molecule has 0 unspecified atom stereocenters. The molecular formula is C26H26N2O2. The average molecular weight is 399 g/mol. The van der Waals surface area contributed by atoms with E-state index in [1.165, 1.54) is 11.1 Å². The zero-order valence-corrected chi connectivity index (χ0v) is 17.0. The van der Waals surface area contributed by atoms with Crippen molar-refractivity contribution in [2.45, 2.75) is 31.3 Å². The predicted molar refractivity (Wildman–Crippen MR) is 118 cm³/mol. The minimum absolute atomic E-state index is 0.194. The van der Waals surface area contributed by atoms with E-state index < -0.39 is 0 Å². The van der Waals surface area contributed by atoms with Gasteiger partial charge in [-0.2, -0.15) is 0 Å². The van der Waals surface area contributed by atoms with Crippen molar-refractivity contribution in [2.75, 3.05) is 13.1 Å². The second kappa shape index (κ2) is 8.33. The summed E-state index contributed by atoms with van der Waals surface area (Å²) in [6, 6.07) is 27.1. The average Bonchev–Trinajstić information content (AvgIpc) is 3.15. The molecular weight excluding hydrogens is 372 g/mol. The maximum absolute atomic E-state index is 12.6. The van der Waals surface area contributed by atoms with Crippen LogP contribution in [0.25, 0.3) is 0 Å². The molecule has 1 amide bonds. The summed E-state index contributed by atoms with van der Waals surface area (Å²) in [5.41, 5.74) is 3.94. The quantitative estimate of drug-likeness (QED) is 0.683. The molecule has 1 aliphatic heterocycles. The number of rotatable bonds is 6. The lowest BCUT2D eigenvalue weighted by Gasteiger charge is -2.41. The van der Waals surface area contributed by atoms with Crippen LogP contribution in [0.5, 0.6) is 11.5 Å². The number of carbonyl (C=O) groups excluding carboxylic acids is 1. The summed E-state index contributed by atoms with van der Waals surface area (Å²) in [4.78, 5) is 14.6. The largest absolute Gasteiger partial charge is 0.457 e. The molecule has 4 heteroatoms. The number of para-hydroxylation sites is 1. The zero-order valence-electron chi connectivity index (χ0n) is 17.0. The Bertz CT molecular complexity index is 986. The third-order valence-electron chi connectivity index (χ3n) is 6.01. The van der Waals surface area contributed by atoms with E-state index in [-0.39, 0.29) is 5.91 Å². The summed E-state index contributed by atoms with van der Waals surface area (Å²) < 4.78 is 5.82. The molecule has 30 heavy (non-hydrogen) atoms. The number of carbonyl (C=O) groups is 1. The van der Waals surface area contributed by atoms with Crippen molar-refractivity contribution in [1.29, 1.82) is 0 Å². The highest BCUT2D eigenvalue weighted by Gasteiger charge is 2.33. The molecule has 0 radical (unpaired) electrons. The molecule has 4 nitrogen and oxygen atoms in total. The van der Waals surface area contributed by atoms with Crippen molar-refractivity contribution in [3.8, 4) is 11.5 Å². The minimum atomic E-state index is 0.194. The third kappa shape index (κ3) is 4.24. The first kappa shape index (κ1) is 18.9. The lowest BCUT2D eigenvalue weighted by molar-refractivity contribution is -0.135. The second-order valence-corrected chi connectivity index (χ2v) is 8.27. The Balaban J connectivity index is 1.07. The van der Waals surface area contributed by atoms with Crippen LogP contribution in [-0.4, -0.2) is 36.0 Å². The third-order valence-corrected chi connectivity index (χ3v) is 6.01. The fraction of sp³-hybridized carbons (Fsp3) is 0.269. The van der Waals surface area contributed by atoms with Crippen LogP contribution in [0.4, 0.5) is 0 Å². The highest BCUT2D eigenvalue weighted by molar-refractivity contribution is 5.79. The van der Waals surface area contributed by atoms with E-state index in [1.54, 1.807) is 0 Å². The van der Waals surface area contributed by atoms with Crippen molar-refractivity contribution in [1.82, 2.24) is 10.2 Å². The maximum atomic E-state index is 12.6. The number of ether oxygens (including phenoxy) is 1. The highest BCUT2D eigenvalue weighted by atomic mass is 16.5. The summed E-state index contributed by atoms with van der Waals surface area (Å²) in [6.45, 7) is 1.61. The van der Waals surface area contributed by atoms with Crippen LogP contribution in [0, 0.1) is 0 Å². The Hall–Kier alpha value is -3.11. The molecule has 0 bridgehead atoms. The Morgan fingerprint density at radius 3 is 2.07 bits per heavy atom. The normalized spacial score (nSPS) is 16.2. The van der Waals surface area contributed by atoms with E-state index in [9.17, 15) is 4.79 Å². The minimum Gasteiger partial charge on any atom is -0.457 e. The van der Waals surface area contributed by atoms with Crippen molar-refractivity contribution in [2.24, 2.45) is 0 Å². The molecule has 1 aliphatic carbocycles. The van der Waals surface area contributed by atoms with E-state index in [0.29, 0.717) is 18.5 Å². The molecule has 5 rings (SSSR count). The van der Waals surface area contributed by atoms with Gasteiger partial charge >= 0.3 is 0 Å². The molecule has 1 N–H and O–H groups in total. The summed E-state index contributed by atoms with van der Waals surface area (Å²) in [5, 5.41) is 3.73. The van der Waals surface area contributed by atoms with Crippen LogP contribution in [-0.2, 0) is 24.1 Å². The van der Waals surface area contributed by atoms with Crippen LogP contribution in [0.15, 0.2) is 78.9 Å². The van der Waals surface area contributed by atoms with Gasteiger partial charge in [0.25, 0.3) is 0 Å². The van der Waals surface area contributed by atoms with E-state index in [4.69, 9.17) is 4.74 Å². The van der Waals surface area contributed by atoms with Crippen molar-refractivity contribution < 1.29 is 9.53 Å². The summed E-state index contributed by atoms with van der Waals surface area (Å²) >= 11 is 0. The van der Waals surface area contributed by atoms with Crippen LogP contribution < -0.4 is 10.1 Å². The van der Waals surface area contributed by atoms with Gasteiger partial charge in [0.05, 0.1) is 6.42 Å². The van der Waals surface area contributed by atoms with E-state index in [1.807, 2.05) is 59.5 Å². The summed E-state index contributed by atoms with van der Waals surface area (Å²) in [7, 11) is 0. The smallest absolute Gasteiger partial charge is 0.227 e. The Labute approximate surface area is 177 Å². The lowest BCUT2D eigenvalue weighted by atomic mass is 10.0. The number of fused-ring (bicyclic) bond motifs is 1. The maximum Gasteiger partial charge on any atom is 0.227 e. The van der Waals surface area contributed by atoms with Crippen molar-refractivity contribution in [3.05, 3.63) is 95.6 Å². The predicted octanol–water partition coefficient (Wildman–Crippen LogP) is 3.99. The molecule has 0 saturated carbocycles. The SMILES string of the molecule is O=C(Cc1ccc(Oc2ccccc2)cc1)N1CC(NC2Cc3ccccc3C2)C1. The number of hydrogen-bond acceptors (Lipinski definition) is 3. The monoisotopic (exact) mass is 398 g/mol. The Morgan fingerprint density at radius 1 is 0.800 bits per heavy atom. The molecule has 0 aromatic heterocycles. The van der Waals surface area contributed by atoms with Crippen LogP contribution in [0.3, 0.4) is 0 Å². The molecule has 0 spiro atoms. The fourth-order valence-electron chi connectivity index (χ4n) is 4.38. The van der Waals surface area contributed by atoms with Crippen molar-refractivity contribution in [3.63, 3.8) is 0 Å². The standard InChI is InChI=1S/C26H26N2O2/c29-26(14-19-10-12-25(13-11-19)30-24-8-2-1-3-9-24)28-17-23(18-28)27-22-15-20-6-4-5-7-21(20)16-22/h1-13,22-23,27H,14-18H2. The van der Waals surface area contributed by atoms with Gasteiger partial charge in [-0.05, 0) is 53.8 Å². The van der Waals surface area contributed by atoms with E-state index in [0.717, 1.165) is 43.0 Å². The van der Waals surface area contributed by atoms with E-state index in [2.05, 4.69) is 29.6 Å². The molecule has 1 fully saturated rings. The van der Waals surface area contributed by atoms with Gasteiger partial charge in [-0.3, -0.25) is 4.79 Å². The first-order chi connectivity index (χ1) is 14.7. The van der Waals surface area contributed by atoms with E-state index >= 15 is 0 Å². The van der Waals surface area contributed by atoms with Crippen LogP contribution in [0.2, 0.25) is 0 Å². The van der Waals surface area contributed by atoms with Gasteiger partial charge in [0.1, 0.15) is 11.5 Å². The highest BCUT2D eigenvalue weighted by Crippen LogP contribution is 2.24. The molecule has 2 aliphatic rings. The number of benzene rings is 3. The number of hydrogen-bond donors (Lipinski definition) is 1. The van der Waals surface area contributed by atoms with Gasteiger partial charge in [-0.15, -0.1) is 0 Å².